The SMILES string of the molecule is CCC(O)/C=C/C=C\C=C\C(O)/C=C\C/C=C\CCCCCC(=O)O. The van der Waals surface area contributed by atoms with Gasteiger partial charge in [-0.3, -0.25) is 4.79 Å². The Hall–Kier alpha value is -1.91. The Balaban J connectivity index is 3.74. The highest BCUT2D eigenvalue weighted by Crippen LogP contribution is 2.04. The minimum Gasteiger partial charge on any atom is -0.481 e. The number of hydrogen-bond acceptors (Lipinski definition) is 3. The van der Waals surface area contributed by atoms with Crippen molar-refractivity contribution in [2.75, 3.05) is 0 Å². The van der Waals surface area contributed by atoms with Gasteiger partial charge in [-0.15, -0.1) is 0 Å². The van der Waals surface area contributed by atoms with Crippen LogP contribution in [0.3, 0.4) is 0 Å². The maximum Gasteiger partial charge on any atom is 0.303 e. The van der Waals surface area contributed by atoms with Gasteiger partial charge in [-0.25, -0.2) is 0 Å². The number of allylic oxidation sites excluding steroid dienone is 7. The average molecular weight is 348 g/mol. The molecule has 4 nitrogen and oxygen atoms in total. The Morgan fingerprint density at radius 2 is 1.60 bits per heavy atom. The first-order chi connectivity index (χ1) is 12.1. The Morgan fingerprint density at radius 1 is 0.880 bits per heavy atom. The van der Waals surface area contributed by atoms with Gasteiger partial charge in [0.05, 0.1) is 12.2 Å². The monoisotopic (exact) mass is 348 g/mol. The van der Waals surface area contributed by atoms with Gasteiger partial charge >= 0.3 is 5.97 Å². The van der Waals surface area contributed by atoms with Gasteiger partial charge in [0.2, 0.25) is 0 Å². The molecule has 0 aromatic carbocycles. The highest BCUT2D eigenvalue weighted by molar-refractivity contribution is 5.66. The number of unbranched alkanes of at least 4 members (excludes halogenated alkanes) is 3. The molecule has 0 aliphatic heterocycles. The predicted molar refractivity (Wildman–Crippen MR) is 103 cm³/mol. The van der Waals surface area contributed by atoms with E-state index in [4.69, 9.17) is 5.11 Å². The van der Waals surface area contributed by atoms with Gasteiger partial charge in [-0.1, -0.05) is 74.1 Å². The van der Waals surface area contributed by atoms with E-state index in [1.807, 2.05) is 25.2 Å². The van der Waals surface area contributed by atoms with E-state index in [9.17, 15) is 15.0 Å². The molecule has 140 valence electrons. The van der Waals surface area contributed by atoms with Gasteiger partial charge in [0.25, 0.3) is 0 Å². The first kappa shape index (κ1) is 23.1. The first-order valence-electron chi connectivity index (χ1n) is 8.97. The predicted octanol–water partition coefficient (Wildman–Crippen LogP) is 4.32. The quantitative estimate of drug-likeness (QED) is 0.248. The summed E-state index contributed by atoms with van der Waals surface area (Å²) >= 11 is 0. The summed E-state index contributed by atoms with van der Waals surface area (Å²) in [4.78, 5) is 10.3. The smallest absolute Gasteiger partial charge is 0.303 e. The number of carboxylic acid groups (broad SMARTS) is 1. The first-order valence-corrected chi connectivity index (χ1v) is 8.97. The molecule has 4 heteroatoms. The molecule has 0 fully saturated rings. The van der Waals surface area contributed by atoms with Crippen LogP contribution in [-0.4, -0.2) is 33.5 Å². The minimum absolute atomic E-state index is 0.254. The molecule has 0 spiro atoms. The van der Waals surface area contributed by atoms with Crippen LogP contribution in [0.1, 0.15) is 51.9 Å². The van der Waals surface area contributed by atoms with Crippen LogP contribution in [0.5, 0.6) is 0 Å². The van der Waals surface area contributed by atoms with Crippen molar-refractivity contribution in [1.29, 1.82) is 0 Å². The van der Waals surface area contributed by atoms with Crippen LogP contribution in [-0.2, 0) is 4.79 Å². The summed E-state index contributed by atoms with van der Waals surface area (Å²) in [6, 6.07) is 0. The molecule has 0 aliphatic carbocycles. The summed E-state index contributed by atoms with van der Waals surface area (Å²) in [5.74, 6) is -0.726. The van der Waals surface area contributed by atoms with E-state index < -0.39 is 18.2 Å². The second-order valence-corrected chi connectivity index (χ2v) is 5.75. The molecule has 0 bridgehead atoms. The third kappa shape index (κ3) is 18.3. The van der Waals surface area contributed by atoms with E-state index in [-0.39, 0.29) is 6.42 Å². The van der Waals surface area contributed by atoms with Crippen LogP contribution in [0, 0.1) is 0 Å². The van der Waals surface area contributed by atoms with Crippen molar-refractivity contribution in [2.45, 2.75) is 64.1 Å². The maximum absolute atomic E-state index is 10.3. The Labute approximate surface area is 151 Å². The van der Waals surface area contributed by atoms with Crippen molar-refractivity contribution in [1.82, 2.24) is 0 Å². The molecule has 2 unspecified atom stereocenters. The summed E-state index contributed by atoms with van der Waals surface area (Å²) in [6.45, 7) is 1.92. The van der Waals surface area contributed by atoms with Crippen LogP contribution in [0.25, 0.3) is 0 Å². The molecule has 25 heavy (non-hydrogen) atoms. The fourth-order valence-electron chi connectivity index (χ4n) is 1.92. The van der Waals surface area contributed by atoms with Gasteiger partial charge in [0.15, 0.2) is 0 Å². The lowest BCUT2D eigenvalue weighted by Crippen LogP contribution is -1.97. The summed E-state index contributed by atoms with van der Waals surface area (Å²) in [6.07, 6.45) is 22.7. The van der Waals surface area contributed by atoms with Gasteiger partial charge in [-0.05, 0) is 32.1 Å². The van der Waals surface area contributed by atoms with Gasteiger partial charge < -0.3 is 15.3 Å². The molecular formula is C21H32O4. The topological polar surface area (TPSA) is 77.8 Å². The fourth-order valence-corrected chi connectivity index (χ4v) is 1.92. The lowest BCUT2D eigenvalue weighted by Gasteiger charge is -1.96. The molecule has 0 heterocycles. The number of carbonyl (C=O) groups is 1. The molecule has 0 saturated carbocycles. The molecule has 2 atom stereocenters. The minimum atomic E-state index is -0.726. The number of carboxylic acids is 1. The van der Waals surface area contributed by atoms with Crippen LogP contribution in [0.15, 0.2) is 60.8 Å². The summed E-state index contributed by atoms with van der Waals surface area (Å²) < 4.78 is 0. The van der Waals surface area contributed by atoms with Crippen LogP contribution < -0.4 is 0 Å². The number of aliphatic hydroxyl groups excluding tert-OH is 2. The Kier molecular flexibility index (Phi) is 15.6. The highest BCUT2D eigenvalue weighted by Gasteiger charge is 1.95. The van der Waals surface area contributed by atoms with E-state index >= 15 is 0 Å². The summed E-state index contributed by atoms with van der Waals surface area (Å²) in [5.41, 5.74) is 0. The van der Waals surface area contributed by atoms with E-state index in [2.05, 4.69) is 6.08 Å². The van der Waals surface area contributed by atoms with Gasteiger partial charge in [0, 0.05) is 6.42 Å². The number of aliphatic carboxylic acids is 1. The van der Waals surface area contributed by atoms with Gasteiger partial charge in [-0.2, -0.15) is 0 Å². The molecule has 0 rings (SSSR count). The molecular weight excluding hydrogens is 316 g/mol. The average Bonchev–Trinajstić information content (AvgIpc) is 2.58. The van der Waals surface area contributed by atoms with Gasteiger partial charge in [0.1, 0.15) is 0 Å². The molecule has 0 aliphatic rings. The van der Waals surface area contributed by atoms with E-state index in [1.165, 1.54) is 0 Å². The van der Waals surface area contributed by atoms with Crippen molar-refractivity contribution in [3.8, 4) is 0 Å². The zero-order valence-electron chi connectivity index (χ0n) is 15.1. The molecule has 0 aromatic heterocycles. The Bertz CT molecular complexity index is 472. The third-order valence-corrected chi connectivity index (χ3v) is 3.43. The standard InChI is InChI=1S/C21H32O4/c1-2-19(22)15-11-9-10-13-17-20(23)16-12-7-5-3-4-6-8-14-18-21(24)25/h3,5,9-13,15-17,19-20,22-23H,2,4,6-8,14,18H2,1H3,(H,24,25)/b5-3-,10-9-,15-11+,16-12-,17-13+. The van der Waals surface area contributed by atoms with Crippen molar-refractivity contribution in [3.05, 3.63) is 60.8 Å². The molecule has 0 amide bonds. The number of rotatable bonds is 14. The number of hydrogen-bond donors (Lipinski definition) is 3. The lowest BCUT2D eigenvalue weighted by atomic mass is 10.1. The zero-order chi connectivity index (χ0) is 18.8. The largest absolute Gasteiger partial charge is 0.481 e. The third-order valence-electron chi connectivity index (χ3n) is 3.43. The normalized spacial score (nSPS) is 15.3. The summed E-state index contributed by atoms with van der Waals surface area (Å²) in [5, 5.41) is 27.6. The van der Waals surface area contributed by atoms with Crippen LogP contribution in [0.2, 0.25) is 0 Å². The van der Waals surface area contributed by atoms with E-state index in [0.717, 1.165) is 32.1 Å². The highest BCUT2D eigenvalue weighted by atomic mass is 16.4. The second-order valence-electron chi connectivity index (χ2n) is 5.75. The molecule has 0 radical (unpaired) electrons. The summed E-state index contributed by atoms with van der Waals surface area (Å²) in [7, 11) is 0. The zero-order valence-corrected chi connectivity index (χ0v) is 15.1. The number of aliphatic hydroxyl groups is 2. The van der Waals surface area contributed by atoms with Crippen LogP contribution >= 0.6 is 0 Å². The Morgan fingerprint density at radius 3 is 2.28 bits per heavy atom. The molecule has 0 aromatic rings. The van der Waals surface area contributed by atoms with E-state index in [0.29, 0.717) is 6.42 Å². The molecule has 0 saturated heterocycles. The molecule has 3 N–H and O–H groups in total. The maximum atomic E-state index is 10.3. The second kappa shape index (κ2) is 16.9. The van der Waals surface area contributed by atoms with E-state index in [1.54, 1.807) is 36.5 Å². The van der Waals surface area contributed by atoms with Crippen molar-refractivity contribution in [2.24, 2.45) is 0 Å². The van der Waals surface area contributed by atoms with Crippen molar-refractivity contribution in [3.63, 3.8) is 0 Å². The lowest BCUT2D eigenvalue weighted by molar-refractivity contribution is -0.137. The van der Waals surface area contributed by atoms with Crippen LogP contribution in [0.4, 0.5) is 0 Å². The fraction of sp³-hybridized carbons (Fsp3) is 0.476. The van der Waals surface area contributed by atoms with Crippen molar-refractivity contribution >= 4 is 5.97 Å². The van der Waals surface area contributed by atoms with Crippen molar-refractivity contribution < 1.29 is 20.1 Å².